The molecule has 72 valence electrons. The Kier molecular flexibility index (Phi) is 2.07. The monoisotopic (exact) mass is 253 g/mol. The normalized spacial score (nSPS) is 10.7. The Bertz CT molecular complexity index is 560. The first-order valence-corrected chi connectivity index (χ1v) is 4.88. The van der Waals surface area contributed by atoms with Gasteiger partial charge < -0.3 is 9.67 Å². The molecule has 0 unspecified atom stereocenters. The fourth-order valence-corrected chi connectivity index (χ4v) is 1.91. The van der Waals surface area contributed by atoms with Crippen molar-refractivity contribution in [2.75, 3.05) is 0 Å². The van der Waals surface area contributed by atoms with E-state index in [0.29, 0.717) is 0 Å². The van der Waals surface area contributed by atoms with Crippen molar-refractivity contribution in [3.05, 3.63) is 39.1 Å². The number of halogens is 1. The summed E-state index contributed by atoms with van der Waals surface area (Å²) in [5.74, 6) is -0.230. The Hall–Kier alpha value is -1.29. The van der Waals surface area contributed by atoms with Gasteiger partial charge in [-0.25, -0.2) is 0 Å². The fraction of sp³-hybridized carbons (Fsp3) is 0.100. The van der Waals surface area contributed by atoms with E-state index in [9.17, 15) is 9.90 Å². The molecule has 1 heterocycles. The first-order chi connectivity index (χ1) is 6.61. The first-order valence-electron chi connectivity index (χ1n) is 4.08. The summed E-state index contributed by atoms with van der Waals surface area (Å²) in [6, 6.07) is 7.03. The van der Waals surface area contributed by atoms with Crippen LogP contribution in [0.2, 0.25) is 0 Å². The van der Waals surface area contributed by atoms with Crippen LogP contribution in [0.1, 0.15) is 0 Å². The minimum Gasteiger partial charge on any atom is -0.503 e. The lowest BCUT2D eigenvalue weighted by molar-refractivity contribution is 0.463. The van der Waals surface area contributed by atoms with Gasteiger partial charge in [-0.1, -0.05) is 22.0 Å². The molecular formula is C10H8BrNO2. The zero-order valence-electron chi connectivity index (χ0n) is 7.49. The van der Waals surface area contributed by atoms with Crippen LogP contribution in [0.5, 0.6) is 5.75 Å². The van der Waals surface area contributed by atoms with Gasteiger partial charge in [0.2, 0.25) is 0 Å². The molecule has 0 aliphatic heterocycles. The summed E-state index contributed by atoms with van der Waals surface area (Å²) in [7, 11) is 1.64. The SMILES string of the molecule is Cn1c(=O)c(O)cc2c(Br)cccc21. The van der Waals surface area contributed by atoms with Gasteiger partial charge in [-0.3, -0.25) is 4.79 Å². The van der Waals surface area contributed by atoms with E-state index in [4.69, 9.17) is 0 Å². The van der Waals surface area contributed by atoms with E-state index in [0.717, 1.165) is 15.4 Å². The molecule has 2 aromatic rings. The van der Waals surface area contributed by atoms with Crippen molar-refractivity contribution >= 4 is 26.8 Å². The summed E-state index contributed by atoms with van der Waals surface area (Å²) in [5, 5.41) is 10.2. The van der Waals surface area contributed by atoms with E-state index in [1.165, 1.54) is 10.6 Å². The summed E-state index contributed by atoms with van der Waals surface area (Å²) in [4.78, 5) is 11.4. The molecular weight excluding hydrogens is 246 g/mol. The van der Waals surface area contributed by atoms with Crippen molar-refractivity contribution in [2.45, 2.75) is 0 Å². The number of rotatable bonds is 0. The molecule has 0 saturated carbocycles. The van der Waals surface area contributed by atoms with Crippen LogP contribution in [0, 0.1) is 0 Å². The first kappa shape index (κ1) is 9.27. The third-order valence-corrected chi connectivity index (χ3v) is 2.89. The maximum atomic E-state index is 11.4. The van der Waals surface area contributed by atoms with E-state index >= 15 is 0 Å². The molecule has 0 amide bonds. The Labute approximate surface area is 88.7 Å². The van der Waals surface area contributed by atoms with Crippen molar-refractivity contribution in [3.63, 3.8) is 0 Å². The second kappa shape index (κ2) is 3.13. The summed E-state index contributed by atoms with van der Waals surface area (Å²) in [5.41, 5.74) is 0.415. The number of benzene rings is 1. The van der Waals surface area contributed by atoms with Gasteiger partial charge >= 0.3 is 0 Å². The number of pyridine rings is 1. The molecule has 0 saturated heterocycles. The molecule has 0 aliphatic rings. The summed E-state index contributed by atoms with van der Waals surface area (Å²) in [6.45, 7) is 0. The third-order valence-electron chi connectivity index (χ3n) is 2.20. The average molecular weight is 254 g/mol. The largest absolute Gasteiger partial charge is 0.503 e. The fourth-order valence-electron chi connectivity index (χ4n) is 1.44. The van der Waals surface area contributed by atoms with Crippen LogP contribution in [-0.2, 0) is 7.05 Å². The van der Waals surface area contributed by atoms with Crippen LogP contribution in [0.3, 0.4) is 0 Å². The van der Waals surface area contributed by atoms with Gasteiger partial charge in [0.05, 0.1) is 5.52 Å². The van der Waals surface area contributed by atoms with Crippen molar-refractivity contribution in [3.8, 4) is 5.75 Å². The van der Waals surface area contributed by atoms with Crippen LogP contribution in [0.4, 0.5) is 0 Å². The lowest BCUT2D eigenvalue weighted by Gasteiger charge is -2.06. The molecule has 1 aromatic carbocycles. The highest BCUT2D eigenvalue weighted by atomic mass is 79.9. The Balaban J connectivity index is 3.06. The molecule has 0 atom stereocenters. The molecule has 2 rings (SSSR count). The van der Waals surface area contributed by atoms with Crippen molar-refractivity contribution in [1.29, 1.82) is 0 Å². The highest BCUT2D eigenvalue weighted by Crippen LogP contribution is 2.24. The van der Waals surface area contributed by atoms with Gasteiger partial charge in [-0.05, 0) is 18.2 Å². The van der Waals surface area contributed by atoms with Gasteiger partial charge in [-0.2, -0.15) is 0 Å². The van der Waals surface area contributed by atoms with E-state index < -0.39 is 0 Å². The van der Waals surface area contributed by atoms with Crippen LogP contribution in [0.25, 0.3) is 10.9 Å². The van der Waals surface area contributed by atoms with Crippen LogP contribution in [0.15, 0.2) is 33.5 Å². The standard InChI is InChI=1S/C10H8BrNO2/c1-12-8-4-2-3-7(11)6(8)5-9(13)10(12)14/h2-5,13H,1H3. The number of fused-ring (bicyclic) bond motifs is 1. The summed E-state index contributed by atoms with van der Waals surface area (Å²) in [6.07, 6.45) is 0. The maximum absolute atomic E-state index is 11.4. The molecule has 4 heteroatoms. The zero-order chi connectivity index (χ0) is 10.3. The van der Waals surface area contributed by atoms with Crippen molar-refractivity contribution in [2.24, 2.45) is 7.05 Å². The predicted molar refractivity (Wildman–Crippen MR) is 58.6 cm³/mol. The second-order valence-corrected chi connectivity index (χ2v) is 3.92. The quantitative estimate of drug-likeness (QED) is 0.781. The number of aromatic hydroxyl groups is 1. The zero-order valence-corrected chi connectivity index (χ0v) is 9.08. The van der Waals surface area contributed by atoms with E-state index in [2.05, 4.69) is 15.9 Å². The van der Waals surface area contributed by atoms with Gasteiger partial charge in [-0.15, -0.1) is 0 Å². The highest BCUT2D eigenvalue weighted by molar-refractivity contribution is 9.10. The topological polar surface area (TPSA) is 42.2 Å². The van der Waals surface area contributed by atoms with Crippen molar-refractivity contribution < 1.29 is 5.11 Å². The van der Waals surface area contributed by atoms with Gasteiger partial charge in [0.15, 0.2) is 5.75 Å². The Morgan fingerprint density at radius 3 is 2.86 bits per heavy atom. The molecule has 0 spiro atoms. The smallest absolute Gasteiger partial charge is 0.292 e. The summed E-state index contributed by atoms with van der Waals surface area (Å²) >= 11 is 3.36. The van der Waals surface area contributed by atoms with Gasteiger partial charge in [0, 0.05) is 16.9 Å². The minimum absolute atomic E-state index is 0.230. The number of aromatic nitrogens is 1. The Morgan fingerprint density at radius 2 is 2.14 bits per heavy atom. The highest BCUT2D eigenvalue weighted by Gasteiger charge is 2.06. The van der Waals surface area contributed by atoms with Crippen LogP contribution in [-0.4, -0.2) is 9.67 Å². The van der Waals surface area contributed by atoms with E-state index in [-0.39, 0.29) is 11.3 Å². The number of hydrogen-bond acceptors (Lipinski definition) is 2. The van der Waals surface area contributed by atoms with Gasteiger partial charge in [0.1, 0.15) is 0 Å². The molecule has 0 radical (unpaired) electrons. The molecule has 1 N–H and O–H groups in total. The molecule has 0 bridgehead atoms. The van der Waals surface area contributed by atoms with Crippen LogP contribution >= 0.6 is 15.9 Å². The molecule has 0 aliphatic carbocycles. The number of nitrogens with zero attached hydrogens (tertiary/aromatic N) is 1. The maximum Gasteiger partial charge on any atom is 0.292 e. The van der Waals surface area contributed by atoms with E-state index in [1.54, 1.807) is 7.05 Å². The summed E-state index contributed by atoms with van der Waals surface area (Å²) < 4.78 is 2.29. The van der Waals surface area contributed by atoms with E-state index in [1.807, 2.05) is 18.2 Å². The van der Waals surface area contributed by atoms with Crippen molar-refractivity contribution in [1.82, 2.24) is 4.57 Å². The average Bonchev–Trinajstić information content (AvgIpc) is 2.17. The Morgan fingerprint density at radius 1 is 1.43 bits per heavy atom. The molecule has 1 aromatic heterocycles. The lowest BCUT2D eigenvalue weighted by Crippen LogP contribution is -2.16. The molecule has 3 nitrogen and oxygen atoms in total. The third kappa shape index (κ3) is 1.23. The second-order valence-electron chi connectivity index (χ2n) is 3.07. The lowest BCUT2D eigenvalue weighted by atomic mass is 10.2. The molecule has 0 fully saturated rings. The number of hydrogen-bond donors (Lipinski definition) is 1. The predicted octanol–water partition coefficient (Wildman–Crippen LogP) is 2.01. The minimum atomic E-state index is -0.379. The van der Waals surface area contributed by atoms with Crippen LogP contribution < -0.4 is 5.56 Å². The molecule has 14 heavy (non-hydrogen) atoms. The van der Waals surface area contributed by atoms with Gasteiger partial charge in [0.25, 0.3) is 5.56 Å². The number of aryl methyl sites for hydroxylation is 1.